The number of halogens is 2. The number of anilines is 1. The van der Waals surface area contributed by atoms with Gasteiger partial charge in [-0.3, -0.25) is 5.10 Å². The quantitative estimate of drug-likeness (QED) is 0.896. The van der Waals surface area contributed by atoms with Crippen LogP contribution in [0.4, 0.5) is 5.69 Å². The van der Waals surface area contributed by atoms with E-state index in [4.69, 9.17) is 11.6 Å². The van der Waals surface area contributed by atoms with Gasteiger partial charge < -0.3 is 10.2 Å². The smallest absolute Gasteiger partial charge is 0.0884 e. The standard InChI is InChI=1S/C14H17ClN4.ClH/c15-12-4-1-3-11(9-12)14-13(10-17-18-14)19-7-2-5-16-6-8-19;/h1,3-4,9-10,16H,2,5-8H2,(H,17,18);1H. The van der Waals surface area contributed by atoms with Crippen LogP contribution in [0, 0.1) is 0 Å². The van der Waals surface area contributed by atoms with Crippen molar-refractivity contribution in [1.82, 2.24) is 15.5 Å². The predicted octanol–water partition coefficient (Wildman–Crippen LogP) is 2.95. The number of hydrogen-bond donors (Lipinski definition) is 2. The molecular formula is C14H18Cl2N4. The predicted molar refractivity (Wildman–Crippen MR) is 86.0 cm³/mol. The summed E-state index contributed by atoms with van der Waals surface area (Å²) in [5.41, 5.74) is 3.28. The third kappa shape index (κ3) is 3.26. The monoisotopic (exact) mass is 312 g/mol. The van der Waals surface area contributed by atoms with Gasteiger partial charge in [0.05, 0.1) is 17.6 Å². The normalized spacial score (nSPS) is 15.6. The zero-order chi connectivity index (χ0) is 13.1. The van der Waals surface area contributed by atoms with Crippen molar-refractivity contribution in [3.05, 3.63) is 35.5 Å². The van der Waals surface area contributed by atoms with Gasteiger partial charge in [-0.25, -0.2) is 0 Å². The van der Waals surface area contributed by atoms with E-state index in [0.717, 1.165) is 54.6 Å². The summed E-state index contributed by atoms with van der Waals surface area (Å²) in [6, 6.07) is 7.87. The van der Waals surface area contributed by atoms with Crippen molar-refractivity contribution in [1.29, 1.82) is 0 Å². The topological polar surface area (TPSA) is 44.0 Å². The minimum Gasteiger partial charge on any atom is -0.367 e. The summed E-state index contributed by atoms with van der Waals surface area (Å²) in [5.74, 6) is 0. The van der Waals surface area contributed by atoms with E-state index in [1.165, 1.54) is 0 Å². The number of aromatic amines is 1. The molecule has 6 heteroatoms. The molecule has 2 aromatic rings. The zero-order valence-corrected chi connectivity index (χ0v) is 12.7. The fraction of sp³-hybridized carbons (Fsp3) is 0.357. The number of nitrogens with one attached hydrogen (secondary N) is 2. The molecule has 1 aromatic heterocycles. The SMILES string of the molecule is Cl.Clc1cccc(-c2[nH]ncc2N2CCCNCC2)c1. The number of H-pyrrole nitrogens is 1. The first kappa shape index (κ1) is 15.2. The van der Waals surface area contributed by atoms with Crippen LogP contribution in [0.1, 0.15) is 6.42 Å². The summed E-state index contributed by atoms with van der Waals surface area (Å²) in [6.45, 7) is 4.16. The van der Waals surface area contributed by atoms with Gasteiger partial charge in [-0.1, -0.05) is 23.7 Å². The minimum absolute atomic E-state index is 0. The second kappa shape index (κ2) is 6.97. The van der Waals surface area contributed by atoms with Crippen molar-refractivity contribution in [3.63, 3.8) is 0 Å². The molecule has 108 valence electrons. The van der Waals surface area contributed by atoms with Gasteiger partial charge in [-0.2, -0.15) is 5.10 Å². The molecule has 1 saturated heterocycles. The van der Waals surface area contributed by atoms with E-state index in [-0.39, 0.29) is 12.4 Å². The molecule has 0 saturated carbocycles. The van der Waals surface area contributed by atoms with Crippen LogP contribution < -0.4 is 10.2 Å². The summed E-state index contributed by atoms with van der Waals surface area (Å²) in [6.07, 6.45) is 3.06. The third-order valence-electron chi connectivity index (χ3n) is 3.41. The van der Waals surface area contributed by atoms with Gasteiger partial charge in [0.25, 0.3) is 0 Å². The Morgan fingerprint density at radius 3 is 2.95 bits per heavy atom. The lowest BCUT2D eigenvalue weighted by Gasteiger charge is -2.21. The van der Waals surface area contributed by atoms with Gasteiger partial charge in [-0.05, 0) is 25.1 Å². The van der Waals surface area contributed by atoms with Gasteiger partial charge in [0.2, 0.25) is 0 Å². The van der Waals surface area contributed by atoms with E-state index in [9.17, 15) is 0 Å². The Bertz CT molecular complexity index is 548. The molecule has 0 aliphatic carbocycles. The highest BCUT2D eigenvalue weighted by Gasteiger charge is 2.16. The van der Waals surface area contributed by atoms with Gasteiger partial charge in [0, 0.05) is 30.2 Å². The number of nitrogens with zero attached hydrogens (tertiary/aromatic N) is 2. The third-order valence-corrected chi connectivity index (χ3v) is 3.65. The Morgan fingerprint density at radius 2 is 2.10 bits per heavy atom. The van der Waals surface area contributed by atoms with Crippen LogP contribution in [0.25, 0.3) is 11.3 Å². The number of benzene rings is 1. The first-order valence-electron chi connectivity index (χ1n) is 6.59. The van der Waals surface area contributed by atoms with E-state index in [1.54, 1.807) is 0 Å². The van der Waals surface area contributed by atoms with E-state index < -0.39 is 0 Å². The summed E-state index contributed by atoms with van der Waals surface area (Å²) < 4.78 is 0. The van der Waals surface area contributed by atoms with Crippen LogP contribution in [0.3, 0.4) is 0 Å². The van der Waals surface area contributed by atoms with Crippen molar-refractivity contribution in [2.45, 2.75) is 6.42 Å². The molecule has 0 unspecified atom stereocenters. The fourth-order valence-electron chi connectivity index (χ4n) is 2.46. The van der Waals surface area contributed by atoms with E-state index >= 15 is 0 Å². The summed E-state index contributed by atoms with van der Waals surface area (Å²) >= 11 is 6.07. The van der Waals surface area contributed by atoms with Crippen LogP contribution in [-0.4, -0.2) is 36.4 Å². The van der Waals surface area contributed by atoms with Crippen LogP contribution in [0.2, 0.25) is 5.02 Å². The van der Waals surface area contributed by atoms with Gasteiger partial charge >= 0.3 is 0 Å². The molecule has 1 aliphatic rings. The first-order valence-corrected chi connectivity index (χ1v) is 6.97. The molecule has 1 aromatic carbocycles. The van der Waals surface area contributed by atoms with Crippen molar-refractivity contribution < 1.29 is 0 Å². The Balaban J connectivity index is 0.00000147. The van der Waals surface area contributed by atoms with Crippen LogP contribution in [0.15, 0.2) is 30.5 Å². The maximum absolute atomic E-state index is 6.07. The number of aromatic nitrogens is 2. The fourth-order valence-corrected chi connectivity index (χ4v) is 2.65. The molecule has 0 bridgehead atoms. The average molecular weight is 313 g/mol. The number of hydrogen-bond acceptors (Lipinski definition) is 3. The Morgan fingerprint density at radius 1 is 1.20 bits per heavy atom. The Hall–Kier alpha value is -1.23. The zero-order valence-electron chi connectivity index (χ0n) is 11.1. The highest BCUT2D eigenvalue weighted by Crippen LogP contribution is 2.30. The largest absolute Gasteiger partial charge is 0.367 e. The first-order chi connectivity index (χ1) is 9.34. The molecular weight excluding hydrogens is 295 g/mol. The lowest BCUT2D eigenvalue weighted by Crippen LogP contribution is -2.27. The van der Waals surface area contributed by atoms with E-state index in [2.05, 4.69) is 26.5 Å². The molecule has 4 nitrogen and oxygen atoms in total. The van der Waals surface area contributed by atoms with Gasteiger partial charge in [-0.15, -0.1) is 12.4 Å². The second-order valence-corrected chi connectivity index (χ2v) is 5.17. The molecule has 2 N–H and O–H groups in total. The molecule has 0 radical (unpaired) electrons. The van der Waals surface area contributed by atoms with Crippen LogP contribution >= 0.6 is 24.0 Å². The lowest BCUT2D eigenvalue weighted by molar-refractivity contribution is 0.724. The van der Waals surface area contributed by atoms with Crippen molar-refractivity contribution in [3.8, 4) is 11.3 Å². The highest BCUT2D eigenvalue weighted by molar-refractivity contribution is 6.30. The van der Waals surface area contributed by atoms with E-state index in [1.807, 2.05) is 24.4 Å². The molecule has 2 heterocycles. The summed E-state index contributed by atoms with van der Waals surface area (Å²) in [7, 11) is 0. The molecule has 0 atom stereocenters. The summed E-state index contributed by atoms with van der Waals surface area (Å²) in [4.78, 5) is 2.37. The van der Waals surface area contributed by atoms with Crippen LogP contribution in [0.5, 0.6) is 0 Å². The minimum atomic E-state index is 0. The highest BCUT2D eigenvalue weighted by atomic mass is 35.5. The average Bonchev–Trinajstić information content (AvgIpc) is 2.75. The maximum Gasteiger partial charge on any atom is 0.0884 e. The van der Waals surface area contributed by atoms with Gasteiger partial charge in [0.1, 0.15) is 0 Å². The van der Waals surface area contributed by atoms with Crippen LogP contribution in [-0.2, 0) is 0 Å². The molecule has 1 aliphatic heterocycles. The molecule has 3 rings (SSSR count). The van der Waals surface area contributed by atoms with Crippen molar-refractivity contribution in [2.24, 2.45) is 0 Å². The maximum atomic E-state index is 6.07. The molecule has 20 heavy (non-hydrogen) atoms. The van der Waals surface area contributed by atoms with Crippen molar-refractivity contribution in [2.75, 3.05) is 31.1 Å². The lowest BCUT2D eigenvalue weighted by atomic mass is 10.1. The molecule has 0 amide bonds. The van der Waals surface area contributed by atoms with E-state index in [0.29, 0.717) is 0 Å². The molecule has 1 fully saturated rings. The molecule has 0 spiro atoms. The second-order valence-electron chi connectivity index (χ2n) is 4.73. The Kier molecular flexibility index (Phi) is 5.29. The summed E-state index contributed by atoms with van der Waals surface area (Å²) in [5, 5.41) is 11.5. The van der Waals surface area contributed by atoms with Gasteiger partial charge in [0.15, 0.2) is 0 Å². The van der Waals surface area contributed by atoms with Crippen molar-refractivity contribution >= 4 is 29.7 Å². The number of rotatable bonds is 2. The Labute approximate surface area is 129 Å².